The SMILES string of the molecule is COc1nc(NS(=O)(=O)c2c[nH]c3cc(F)ccc23)nc(OC)c1OC(F)(F)CF. The predicted molar refractivity (Wildman–Crippen MR) is 95.8 cm³/mol. The van der Waals surface area contributed by atoms with E-state index in [1.54, 1.807) is 0 Å². The Morgan fingerprint density at radius 2 is 1.80 bits per heavy atom. The fourth-order valence-electron chi connectivity index (χ4n) is 2.47. The Morgan fingerprint density at radius 1 is 1.17 bits per heavy atom. The zero-order chi connectivity index (χ0) is 22.1. The number of aromatic nitrogens is 3. The monoisotopic (exact) mass is 450 g/mol. The third-order valence-corrected chi connectivity index (χ3v) is 5.09. The summed E-state index contributed by atoms with van der Waals surface area (Å²) in [6.45, 7) is -2.14. The van der Waals surface area contributed by atoms with Crippen molar-refractivity contribution in [3.05, 3.63) is 30.2 Å². The van der Waals surface area contributed by atoms with Crippen molar-refractivity contribution in [2.24, 2.45) is 0 Å². The summed E-state index contributed by atoms with van der Waals surface area (Å²) in [5, 5.41) is 0.186. The average molecular weight is 450 g/mol. The normalized spacial score (nSPS) is 12.1. The van der Waals surface area contributed by atoms with Crippen molar-refractivity contribution < 1.29 is 40.2 Å². The molecular formula is C16H14F4N4O5S. The van der Waals surface area contributed by atoms with Gasteiger partial charge in [0.2, 0.25) is 11.7 Å². The summed E-state index contributed by atoms with van der Waals surface area (Å²) in [6, 6.07) is 3.44. The molecule has 0 fully saturated rings. The molecular weight excluding hydrogens is 436 g/mol. The summed E-state index contributed by atoms with van der Waals surface area (Å²) in [5.74, 6) is -3.26. The van der Waals surface area contributed by atoms with Crippen LogP contribution in [0.3, 0.4) is 0 Å². The maximum Gasteiger partial charge on any atom is 0.427 e. The number of H-pyrrole nitrogens is 1. The lowest BCUT2D eigenvalue weighted by molar-refractivity contribution is -0.188. The van der Waals surface area contributed by atoms with Gasteiger partial charge >= 0.3 is 6.11 Å². The van der Waals surface area contributed by atoms with Crippen LogP contribution in [0.25, 0.3) is 10.9 Å². The van der Waals surface area contributed by atoms with E-state index in [0.29, 0.717) is 0 Å². The molecule has 9 nitrogen and oxygen atoms in total. The van der Waals surface area contributed by atoms with Crippen LogP contribution in [0.2, 0.25) is 0 Å². The van der Waals surface area contributed by atoms with E-state index in [0.717, 1.165) is 32.5 Å². The molecule has 2 aromatic heterocycles. The Labute approximate surface area is 167 Å². The van der Waals surface area contributed by atoms with Crippen molar-refractivity contribution in [2.75, 3.05) is 25.6 Å². The Morgan fingerprint density at radius 3 is 2.37 bits per heavy atom. The van der Waals surface area contributed by atoms with Crippen LogP contribution in [0.15, 0.2) is 29.3 Å². The van der Waals surface area contributed by atoms with E-state index >= 15 is 0 Å². The highest BCUT2D eigenvalue weighted by Crippen LogP contribution is 2.39. The number of rotatable bonds is 8. The Hall–Kier alpha value is -3.29. The molecule has 0 radical (unpaired) electrons. The van der Waals surface area contributed by atoms with Crippen LogP contribution in [0.5, 0.6) is 17.5 Å². The third-order valence-electron chi connectivity index (χ3n) is 3.72. The summed E-state index contributed by atoms with van der Waals surface area (Å²) >= 11 is 0. The molecule has 0 saturated heterocycles. The summed E-state index contributed by atoms with van der Waals surface area (Å²) < 4.78 is 93.7. The number of methoxy groups -OCH3 is 2. The molecule has 162 valence electrons. The Balaban J connectivity index is 2.01. The van der Waals surface area contributed by atoms with Gasteiger partial charge in [-0.3, -0.25) is 0 Å². The predicted octanol–water partition coefficient (Wildman–Crippen LogP) is 2.86. The van der Waals surface area contributed by atoms with E-state index < -0.39 is 52.1 Å². The highest BCUT2D eigenvalue weighted by atomic mass is 32.2. The second kappa shape index (κ2) is 7.85. The maximum absolute atomic E-state index is 13.3. The number of ether oxygens (including phenoxy) is 3. The number of alkyl halides is 3. The van der Waals surface area contributed by atoms with E-state index in [2.05, 4.69) is 19.7 Å². The van der Waals surface area contributed by atoms with Gasteiger partial charge in [-0.25, -0.2) is 21.9 Å². The van der Waals surface area contributed by atoms with Crippen LogP contribution >= 0.6 is 0 Å². The topological polar surface area (TPSA) is 115 Å². The van der Waals surface area contributed by atoms with Crippen LogP contribution < -0.4 is 18.9 Å². The molecule has 0 unspecified atom stereocenters. The zero-order valence-electron chi connectivity index (χ0n) is 15.4. The molecule has 3 aromatic rings. The van der Waals surface area contributed by atoms with Gasteiger partial charge in [0.25, 0.3) is 21.8 Å². The van der Waals surface area contributed by atoms with Crippen molar-refractivity contribution in [1.82, 2.24) is 15.0 Å². The highest BCUT2D eigenvalue weighted by Gasteiger charge is 2.36. The molecule has 0 amide bonds. The summed E-state index contributed by atoms with van der Waals surface area (Å²) in [6.07, 6.45) is -3.09. The van der Waals surface area contributed by atoms with Crippen LogP contribution in [-0.2, 0) is 10.0 Å². The number of halogens is 4. The minimum atomic E-state index is -4.30. The van der Waals surface area contributed by atoms with Gasteiger partial charge in [0, 0.05) is 17.1 Å². The molecule has 1 aromatic carbocycles. The number of fused-ring (bicyclic) bond motifs is 1. The van der Waals surface area contributed by atoms with Gasteiger partial charge in [0.15, 0.2) is 6.67 Å². The number of hydrogen-bond acceptors (Lipinski definition) is 7. The molecule has 0 atom stereocenters. The molecule has 0 bridgehead atoms. The fourth-order valence-corrected chi connectivity index (χ4v) is 3.59. The standard InChI is InChI=1S/C16H14F4N4O5S/c1-27-13-12(29-16(19,20)7-17)14(28-2)23-15(22-13)24-30(25,26)11-6-21-10-5-8(18)3-4-9(10)11/h3-6,21H,7H2,1-2H3,(H,22,23,24). The van der Waals surface area contributed by atoms with E-state index in [-0.39, 0.29) is 15.8 Å². The first-order valence-corrected chi connectivity index (χ1v) is 9.51. The largest absolute Gasteiger partial charge is 0.478 e. The quantitative estimate of drug-likeness (QED) is 0.507. The number of sulfonamides is 1. The Bertz CT molecular complexity index is 1160. The first-order valence-electron chi connectivity index (χ1n) is 8.02. The number of aromatic amines is 1. The molecule has 0 aliphatic carbocycles. The van der Waals surface area contributed by atoms with Crippen molar-refractivity contribution >= 4 is 26.9 Å². The molecule has 0 spiro atoms. The average Bonchev–Trinajstić information content (AvgIpc) is 3.12. The lowest BCUT2D eigenvalue weighted by Crippen LogP contribution is -2.28. The van der Waals surface area contributed by atoms with E-state index in [9.17, 15) is 26.0 Å². The second-order valence-electron chi connectivity index (χ2n) is 5.72. The van der Waals surface area contributed by atoms with Crippen LogP contribution in [0, 0.1) is 5.82 Å². The van der Waals surface area contributed by atoms with E-state index in [1.807, 2.05) is 4.72 Å². The van der Waals surface area contributed by atoms with Crippen molar-refractivity contribution in [3.63, 3.8) is 0 Å². The minimum Gasteiger partial charge on any atom is -0.478 e. The zero-order valence-corrected chi connectivity index (χ0v) is 16.2. The Kier molecular flexibility index (Phi) is 5.61. The van der Waals surface area contributed by atoms with Gasteiger partial charge in [0.1, 0.15) is 10.7 Å². The number of nitrogens with zero attached hydrogens (tertiary/aromatic N) is 2. The highest BCUT2D eigenvalue weighted by molar-refractivity contribution is 7.93. The minimum absolute atomic E-state index is 0.186. The van der Waals surface area contributed by atoms with Crippen LogP contribution in [-0.4, -0.2) is 50.4 Å². The van der Waals surface area contributed by atoms with Gasteiger partial charge in [-0.05, 0) is 18.2 Å². The van der Waals surface area contributed by atoms with E-state index in [1.165, 1.54) is 6.07 Å². The molecule has 0 aliphatic rings. The molecule has 2 N–H and O–H groups in total. The van der Waals surface area contributed by atoms with Crippen molar-refractivity contribution in [2.45, 2.75) is 11.0 Å². The molecule has 0 aliphatic heterocycles. The van der Waals surface area contributed by atoms with Gasteiger partial charge in [-0.1, -0.05) is 0 Å². The number of benzene rings is 1. The van der Waals surface area contributed by atoms with E-state index in [4.69, 9.17) is 9.47 Å². The van der Waals surface area contributed by atoms with Gasteiger partial charge in [-0.15, -0.1) is 0 Å². The lowest BCUT2D eigenvalue weighted by atomic mass is 10.2. The number of nitrogens with one attached hydrogen (secondary N) is 2. The second-order valence-corrected chi connectivity index (χ2v) is 7.37. The van der Waals surface area contributed by atoms with Crippen LogP contribution in [0.1, 0.15) is 0 Å². The van der Waals surface area contributed by atoms with Gasteiger partial charge in [0.05, 0.1) is 14.2 Å². The summed E-state index contributed by atoms with van der Waals surface area (Å²) in [7, 11) is -2.23. The number of anilines is 1. The molecule has 30 heavy (non-hydrogen) atoms. The van der Waals surface area contributed by atoms with Gasteiger partial charge < -0.3 is 19.2 Å². The molecule has 14 heteroatoms. The molecule has 3 rings (SSSR count). The van der Waals surface area contributed by atoms with Gasteiger partial charge in [-0.2, -0.15) is 18.7 Å². The smallest absolute Gasteiger partial charge is 0.427 e. The lowest BCUT2D eigenvalue weighted by Gasteiger charge is -2.18. The maximum atomic E-state index is 13.3. The van der Waals surface area contributed by atoms with Crippen molar-refractivity contribution in [1.29, 1.82) is 0 Å². The summed E-state index contributed by atoms with van der Waals surface area (Å²) in [5.41, 5.74) is 0.226. The van der Waals surface area contributed by atoms with Crippen molar-refractivity contribution in [3.8, 4) is 17.5 Å². The third kappa shape index (κ3) is 4.17. The summed E-state index contributed by atoms with van der Waals surface area (Å²) in [4.78, 5) is 9.68. The van der Waals surface area contributed by atoms with Crippen LogP contribution in [0.4, 0.5) is 23.5 Å². The number of hydrogen-bond donors (Lipinski definition) is 2. The first kappa shape index (κ1) is 21.4. The molecule has 2 heterocycles. The first-order chi connectivity index (χ1) is 14.1. The fraction of sp³-hybridized carbons (Fsp3) is 0.250. The molecule has 0 saturated carbocycles.